The van der Waals surface area contributed by atoms with E-state index in [1.807, 2.05) is 0 Å². The summed E-state index contributed by atoms with van der Waals surface area (Å²) in [6.45, 7) is 0. The first-order valence-electron chi connectivity index (χ1n) is 13.1. The molecule has 6 aromatic rings. The second kappa shape index (κ2) is 7.24. The Morgan fingerprint density at radius 2 is 1.31 bits per heavy atom. The van der Waals surface area contributed by atoms with Gasteiger partial charge in [-0.15, -0.1) is 0 Å². The predicted molar refractivity (Wildman–Crippen MR) is 150 cm³/mol. The fourth-order valence-corrected chi connectivity index (χ4v) is 7.34. The zero-order valence-corrected chi connectivity index (χ0v) is 20.8. The van der Waals surface area contributed by atoms with E-state index in [-0.39, 0.29) is 0 Å². The van der Waals surface area contributed by atoms with Gasteiger partial charge in [0, 0.05) is 59.4 Å². The van der Waals surface area contributed by atoms with Crippen molar-refractivity contribution in [3.63, 3.8) is 0 Å². The number of aryl methyl sites for hydroxylation is 3. The monoisotopic (exact) mass is 464 g/mol. The van der Waals surface area contributed by atoms with Crippen molar-refractivity contribution in [2.24, 2.45) is 14.1 Å². The van der Waals surface area contributed by atoms with Gasteiger partial charge >= 0.3 is 0 Å². The number of hydrogen-bond acceptors (Lipinski definition) is 0. The van der Waals surface area contributed by atoms with Crippen LogP contribution in [0.1, 0.15) is 40.2 Å². The minimum atomic E-state index is 0.433. The summed E-state index contributed by atoms with van der Waals surface area (Å²) in [5, 5.41) is 2.82. The van der Waals surface area contributed by atoms with E-state index < -0.39 is 0 Å². The standard InChI is InChI=1S/C34H28N2/c1-35-30-16-7-5-12-23(30)29-20-28-21(10-9-15-26(28)33(29)35)18-19-24-22-11-3-4-13-25(22)34-32(24)27-14-6-8-17-31(27)36(34)2/h3-17,24H,18-20H2,1-2H3. The molecule has 0 aliphatic heterocycles. The first-order chi connectivity index (χ1) is 17.7. The highest BCUT2D eigenvalue weighted by atomic mass is 15.0. The van der Waals surface area contributed by atoms with Gasteiger partial charge in [0.05, 0.1) is 11.4 Å². The van der Waals surface area contributed by atoms with Gasteiger partial charge in [0.15, 0.2) is 0 Å². The molecule has 0 radical (unpaired) electrons. The quantitative estimate of drug-likeness (QED) is 0.251. The van der Waals surface area contributed by atoms with Crippen LogP contribution in [0.25, 0.3) is 44.3 Å². The molecular weight excluding hydrogens is 436 g/mol. The van der Waals surface area contributed by atoms with Crippen molar-refractivity contribution in [2.45, 2.75) is 25.2 Å². The lowest BCUT2D eigenvalue weighted by Crippen LogP contribution is -2.02. The Kier molecular flexibility index (Phi) is 4.06. The summed E-state index contributed by atoms with van der Waals surface area (Å²) in [6, 6.07) is 33.8. The first-order valence-corrected chi connectivity index (χ1v) is 13.1. The van der Waals surface area contributed by atoms with Crippen LogP contribution in [0.4, 0.5) is 0 Å². The molecule has 0 fully saturated rings. The molecule has 2 heteroatoms. The van der Waals surface area contributed by atoms with Gasteiger partial charge in [0.2, 0.25) is 0 Å². The molecule has 0 saturated carbocycles. The van der Waals surface area contributed by atoms with Gasteiger partial charge in [-0.2, -0.15) is 0 Å². The average molecular weight is 465 g/mol. The molecule has 0 N–H and O–H groups in total. The van der Waals surface area contributed by atoms with Gasteiger partial charge in [-0.25, -0.2) is 0 Å². The van der Waals surface area contributed by atoms with E-state index in [0.29, 0.717) is 5.92 Å². The van der Waals surface area contributed by atoms with E-state index in [1.165, 1.54) is 72.1 Å². The van der Waals surface area contributed by atoms with E-state index >= 15 is 0 Å². The molecule has 1 atom stereocenters. The zero-order valence-electron chi connectivity index (χ0n) is 20.8. The molecule has 2 nitrogen and oxygen atoms in total. The van der Waals surface area contributed by atoms with Crippen molar-refractivity contribution in [3.05, 3.63) is 119 Å². The molecule has 2 aliphatic carbocycles. The maximum Gasteiger partial charge on any atom is 0.0530 e. The van der Waals surface area contributed by atoms with Gasteiger partial charge in [-0.3, -0.25) is 0 Å². The number of hydrogen-bond donors (Lipinski definition) is 0. The lowest BCUT2D eigenvalue weighted by atomic mass is 9.88. The van der Waals surface area contributed by atoms with Gasteiger partial charge in [0.25, 0.3) is 0 Å². The van der Waals surface area contributed by atoms with Crippen LogP contribution >= 0.6 is 0 Å². The molecule has 4 aromatic carbocycles. The number of aromatic nitrogens is 2. The number of nitrogens with zero attached hydrogens (tertiary/aromatic N) is 2. The van der Waals surface area contributed by atoms with Crippen molar-refractivity contribution in [2.75, 3.05) is 0 Å². The van der Waals surface area contributed by atoms with Crippen molar-refractivity contribution in [1.82, 2.24) is 9.13 Å². The largest absolute Gasteiger partial charge is 0.343 e. The summed E-state index contributed by atoms with van der Waals surface area (Å²) < 4.78 is 4.81. The highest BCUT2D eigenvalue weighted by Gasteiger charge is 2.34. The fraction of sp³-hybridized carbons (Fsp3) is 0.176. The SMILES string of the molecule is Cn1c2c(c3ccccc31)Cc1c(CCC3c4ccccc4-c4c3c3ccccc3n4C)cccc1-2. The molecule has 0 saturated heterocycles. The van der Waals surface area contributed by atoms with Crippen molar-refractivity contribution < 1.29 is 0 Å². The molecule has 2 heterocycles. The predicted octanol–water partition coefficient (Wildman–Crippen LogP) is 7.99. The van der Waals surface area contributed by atoms with Crippen LogP contribution in [0.5, 0.6) is 0 Å². The van der Waals surface area contributed by atoms with Crippen LogP contribution in [0.15, 0.2) is 91.0 Å². The highest BCUT2D eigenvalue weighted by molar-refractivity contribution is 5.97. The Morgan fingerprint density at radius 3 is 2.17 bits per heavy atom. The van der Waals surface area contributed by atoms with Crippen LogP contribution in [0, 0.1) is 0 Å². The van der Waals surface area contributed by atoms with Crippen molar-refractivity contribution in [3.8, 4) is 22.5 Å². The smallest absolute Gasteiger partial charge is 0.0530 e. The fourth-order valence-electron chi connectivity index (χ4n) is 7.34. The Balaban J connectivity index is 1.21. The van der Waals surface area contributed by atoms with Gasteiger partial charge in [0.1, 0.15) is 0 Å². The topological polar surface area (TPSA) is 9.86 Å². The van der Waals surface area contributed by atoms with E-state index in [9.17, 15) is 0 Å². The molecule has 36 heavy (non-hydrogen) atoms. The van der Waals surface area contributed by atoms with Crippen LogP contribution in [0.3, 0.4) is 0 Å². The van der Waals surface area contributed by atoms with Crippen LogP contribution in [-0.2, 0) is 26.9 Å². The Labute approximate surface area is 211 Å². The summed E-state index contributed by atoms with van der Waals surface area (Å²) in [7, 11) is 4.45. The van der Waals surface area contributed by atoms with Gasteiger partial charge in [-0.05, 0) is 52.8 Å². The van der Waals surface area contributed by atoms with E-state index in [2.05, 4.69) is 114 Å². The lowest BCUT2D eigenvalue weighted by molar-refractivity contribution is 0.730. The summed E-state index contributed by atoms with van der Waals surface area (Å²) in [5.41, 5.74) is 15.9. The Hall–Kier alpha value is -4.04. The second-order valence-electron chi connectivity index (χ2n) is 10.5. The highest BCUT2D eigenvalue weighted by Crippen LogP contribution is 2.51. The summed E-state index contributed by atoms with van der Waals surface area (Å²) >= 11 is 0. The zero-order chi connectivity index (χ0) is 24.0. The molecule has 0 amide bonds. The maximum atomic E-state index is 2.41. The minimum absolute atomic E-state index is 0.433. The van der Waals surface area contributed by atoms with Gasteiger partial charge < -0.3 is 9.13 Å². The molecule has 174 valence electrons. The average Bonchev–Trinajstić information content (AvgIpc) is 3.62. The van der Waals surface area contributed by atoms with Crippen molar-refractivity contribution >= 4 is 21.8 Å². The van der Waals surface area contributed by atoms with Crippen LogP contribution in [0.2, 0.25) is 0 Å². The number of rotatable bonds is 3. The number of benzene rings is 4. The third-order valence-electron chi connectivity index (χ3n) is 8.88. The molecule has 2 aliphatic rings. The van der Waals surface area contributed by atoms with Gasteiger partial charge in [-0.1, -0.05) is 78.9 Å². The normalized spacial score (nSPS) is 15.3. The molecule has 0 bridgehead atoms. The second-order valence-corrected chi connectivity index (χ2v) is 10.5. The molecule has 1 unspecified atom stereocenters. The molecule has 0 spiro atoms. The number of fused-ring (bicyclic) bond motifs is 10. The van der Waals surface area contributed by atoms with Crippen LogP contribution in [-0.4, -0.2) is 9.13 Å². The Bertz CT molecular complexity index is 1850. The first kappa shape index (κ1) is 20.2. The summed E-state index contributed by atoms with van der Waals surface area (Å²) in [5.74, 6) is 0.433. The third-order valence-corrected chi connectivity index (χ3v) is 8.88. The molecule has 8 rings (SSSR count). The maximum absolute atomic E-state index is 2.41. The number of para-hydroxylation sites is 2. The lowest BCUT2D eigenvalue weighted by Gasteiger charge is -2.16. The summed E-state index contributed by atoms with van der Waals surface area (Å²) in [6.07, 6.45) is 3.27. The summed E-state index contributed by atoms with van der Waals surface area (Å²) in [4.78, 5) is 0. The van der Waals surface area contributed by atoms with Crippen molar-refractivity contribution in [1.29, 1.82) is 0 Å². The third kappa shape index (κ3) is 2.51. The van der Waals surface area contributed by atoms with E-state index in [4.69, 9.17) is 0 Å². The molecular formula is C34H28N2. The van der Waals surface area contributed by atoms with Crippen LogP contribution < -0.4 is 0 Å². The molecule has 2 aromatic heterocycles. The van der Waals surface area contributed by atoms with E-state index in [0.717, 1.165) is 19.3 Å². The Morgan fingerprint density at radius 1 is 0.639 bits per heavy atom. The van der Waals surface area contributed by atoms with E-state index in [1.54, 1.807) is 0 Å². The minimum Gasteiger partial charge on any atom is -0.343 e.